The molecule has 0 aliphatic carbocycles. The highest BCUT2D eigenvalue weighted by Gasteiger charge is 2.14. The second kappa shape index (κ2) is 12.2. The lowest BCUT2D eigenvalue weighted by atomic mass is 10.1. The zero-order chi connectivity index (χ0) is 15.3. The van der Waals surface area contributed by atoms with Crippen LogP contribution in [0.1, 0.15) is 44.8 Å². The summed E-state index contributed by atoms with van der Waals surface area (Å²) in [5.74, 6) is 0. The topological polar surface area (TPSA) is 30.5 Å². The molecule has 0 aliphatic rings. The molecule has 21 heavy (non-hydrogen) atoms. The van der Waals surface area contributed by atoms with Gasteiger partial charge in [0.05, 0.1) is 19.3 Å². The summed E-state index contributed by atoms with van der Waals surface area (Å²) < 4.78 is 12.7. The van der Waals surface area contributed by atoms with Gasteiger partial charge in [-0.25, -0.2) is 0 Å². The predicted octanol–water partition coefficient (Wildman–Crippen LogP) is 4.32. The van der Waals surface area contributed by atoms with E-state index in [-0.39, 0.29) is 6.10 Å². The van der Waals surface area contributed by atoms with Crippen molar-refractivity contribution in [2.75, 3.05) is 32.9 Å². The van der Waals surface area contributed by atoms with Crippen LogP contribution in [0.3, 0.4) is 0 Å². The number of nitrogens with one attached hydrogen (secondary N) is 1. The molecule has 1 rings (SSSR count). The summed E-state index contributed by atoms with van der Waals surface area (Å²) in [5, 5.41) is 3.44. The number of hydrogen-bond donors (Lipinski definition) is 1. The summed E-state index contributed by atoms with van der Waals surface area (Å²) in [6.07, 6.45) is 3.47. The fourth-order valence-corrected chi connectivity index (χ4v) is 2.54. The first-order chi connectivity index (χ1) is 10.3. The Morgan fingerprint density at radius 3 is 2.62 bits per heavy atom. The van der Waals surface area contributed by atoms with Crippen LogP contribution in [-0.4, -0.2) is 32.9 Å². The highest BCUT2D eigenvalue weighted by molar-refractivity contribution is 9.10. The maximum absolute atomic E-state index is 6.02. The molecule has 1 N–H and O–H groups in total. The molecule has 120 valence electrons. The van der Waals surface area contributed by atoms with Crippen molar-refractivity contribution in [1.29, 1.82) is 0 Å². The molecule has 0 spiro atoms. The van der Waals surface area contributed by atoms with Crippen LogP contribution in [0.2, 0.25) is 0 Å². The molecule has 4 heteroatoms. The van der Waals surface area contributed by atoms with Gasteiger partial charge in [0.1, 0.15) is 0 Å². The lowest BCUT2D eigenvalue weighted by Crippen LogP contribution is -2.25. The molecule has 0 aliphatic heterocycles. The van der Waals surface area contributed by atoms with E-state index in [0.29, 0.717) is 13.2 Å². The van der Waals surface area contributed by atoms with Crippen LogP contribution in [0, 0.1) is 0 Å². The smallest absolute Gasteiger partial charge is 0.0961 e. The van der Waals surface area contributed by atoms with Crippen LogP contribution < -0.4 is 5.32 Å². The molecule has 1 atom stereocenters. The minimum atomic E-state index is 0.0573. The zero-order valence-electron chi connectivity index (χ0n) is 13.2. The Morgan fingerprint density at radius 1 is 1.10 bits per heavy atom. The van der Waals surface area contributed by atoms with Crippen molar-refractivity contribution in [3.8, 4) is 0 Å². The molecule has 0 radical (unpaired) electrons. The summed E-state index contributed by atoms with van der Waals surface area (Å²) in [6, 6.07) is 8.25. The molecular weight excluding hydrogens is 330 g/mol. The molecular formula is C17H28BrNO2. The Morgan fingerprint density at radius 2 is 1.90 bits per heavy atom. The minimum absolute atomic E-state index is 0.0573. The first-order valence-electron chi connectivity index (χ1n) is 7.94. The molecule has 0 bridgehead atoms. The van der Waals surface area contributed by atoms with Crippen molar-refractivity contribution in [2.24, 2.45) is 0 Å². The maximum atomic E-state index is 6.02. The number of benzene rings is 1. The number of ether oxygens (including phenoxy) is 2. The van der Waals surface area contributed by atoms with E-state index in [1.807, 2.05) is 12.1 Å². The van der Waals surface area contributed by atoms with Crippen molar-refractivity contribution < 1.29 is 9.47 Å². The average Bonchev–Trinajstić information content (AvgIpc) is 2.50. The first-order valence-corrected chi connectivity index (χ1v) is 8.73. The van der Waals surface area contributed by atoms with Gasteiger partial charge in [-0.15, -0.1) is 0 Å². The van der Waals surface area contributed by atoms with E-state index in [0.717, 1.165) is 37.0 Å². The fourth-order valence-electron chi connectivity index (χ4n) is 2.00. The van der Waals surface area contributed by atoms with Gasteiger partial charge >= 0.3 is 0 Å². The summed E-state index contributed by atoms with van der Waals surface area (Å²) in [7, 11) is 0. The van der Waals surface area contributed by atoms with E-state index in [1.54, 1.807) is 0 Å². The van der Waals surface area contributed by atoms with Crippen molar-refractivity contribution in [3.05, 3.63) is 34.3 Å². The molecule has 0 fully saturated rings. The van der Waals surface area contributed by atoms with E-state index in [4.69, 9.17) is 9.47 Å². The van der Waals surface area contributed by atoms with Gasteiger partial charge in [-0.2, -0.15) is 0 Å². The van der Waals surface area contributed by atoms with Crippen LogP contribution in [0.15, 0.2) is 28.7 Å². The van der Waals surface area contributed by atoms with Crippen LogP contribution in [0.5, 0.6) is 0 Å². The number of rotatable bonds is 12. The minimum Gasteiger partial charge on any atom is -0.379 e. The number of unbranched alkanes of at least 4 members (excludes halogenated alkanes) is 1. The van der Waals surface area contributed by atoms with Gasteiger partial charge in [0.25, 0.3) is 0 Å². The first kappa shape index (κ1) is 18.6. The van der Waals surface area contributed by atoms with E-state index in [9.17, 15) is 0 Å². The van der Waals surface area contributed by atoms with Crippen LogP contribution in [0.4, 0.5) is 0 Å². The Balaban J connectivity index is 2.43. The lowest BCUT2D eigenvalue weighted by molar-refractivity contribution is 0.00339. The van der Waals surface area contributed by atoms with Gasteiger partial charge in [0.2, 0.25) is 0 Å². The Bertz CT molecular complexity index is 374. The molecule has 1 unspecified atom stereocenters. The van der Waals surface area contributed by atoms with Crippen molar-refractivity contribution in [3.63, 3.8) is 0 Å². The van der Waals surface area contributed by atoms with Gasteiger partial charge in [-0.1, -0.05) is 54.4 Å². The third-order valence-corrected chi connectivity index (χ3v) is 3.92. The monoisotopic (exact) mass is 357 g/mol. The standard InChI is InChI=1S/C17H28BrNO2/c1-3-5-11-20-12-13-21-17(14-19-10-4-2)15-8-6-7-9-16(15)18/h6-9,17,19H,3-5,10-14H2,1-2H3. The molecule has 0 aromatic heterocycles. The SMILES string of the molecule is CCCCOCCOC(CNCCC)c1ccccc1Br. The van der Waals surface area contributed by atoms with Gasteiger partial charge in [-0.3, -0.25) is 0 Å². The van der Waals surface area contributed by atoms with E-state index in [2.05, 4.69) is 47.2 Å². The third kappa shape index (κ3) is 7.96. The summed E-state index contributed by atoms with van der Waals surface area (Å²) in [5.41, 5.74) is 1.19. The highest BCUT2D eigenvalue weighted by Crippen LogP contribution is 2.25. The van der Waals surface area contributed by atoms with Gasteiger partial charge in [0, 0.05) is 17.6 Å². The van der Waals surface area contributed by atoms with Crippen LogP contribution in [0.25, 0.3) is 0 Å². The molecule has 1 aromatic rings. The van der Waals surface area contributed by atoms with E-state index in [1.165, 1.54) is 12.0 Å². The Kier molecular flexibility index (Phi) is 10.8. The Hall–Kier alpha value is -0.420. The lowest BCUT2D eigenvalue weighted by Gasteiger charge is -2.20. The third-order valence-electron chi connectivity index (χ3n) is 3.20. The second-order valence-corrected chi connectivity index (χ2v) is 5.91. The van der Waals surface area contributed by atoms with E-state index < -0.39 is 0 Å². The van der Waals surface area contributed by atoms with Gasteiger partial charge in [0.15, 0.2) is 0 Å². The van der Waals surface area contributed by atoms with Gasteiger partial charge < -0.3 is 14.8 Å². The van der Waals surface area contributed by atoms with Crippen molar-refractivity contribution in [2.45, 2.75) is 39.2 Å². The number of hydrogen-bond acceptors (Lipinski definition) is 3. The number of halogens is 1. The van der Waals surface area contributed by atoms with Crippen molar-refractivity contribution in [1.82, 2.24) is 5.32 Å². The average molecular weight is 358 g/mol. The summed E-state index contributed by atoms with van der Waals surface area (Å²) in [4.78, 5) is 0. The molecule has 3 nitrogen and oxygen atoms in total. The zero-order valence-corrected chi connectivity index (χ0v) is 14.8. The molecule has 0 saturated carbocycles. The highest BCUT2D eigenvalue weighted by atomic mass is 79.9. The van der Waals surface area contributed by atoms with Crippen LogP contribution in [-0.2, 0) is 9.47 Å². The second-order valence-electron chi connectivity index (χ2n) is 5.05. The fraction of sp³-hybridized carbons (Fsp3) is 0.647. The summed E-state index contributed by atoms with van der Waals surface area (Å²) in [6.45, 7) is 8.29. The normalized spacial score (nSPS) is 12.5. The molecule has 0 heterocycles. The molecule has 0 saturated heterocycles. The van der Waals surface area contributed by atoms with Crippen LogP contribution >= 0.6 is 15.9 Å². The quantitative estimate of drug-likeness (QED) is 0.565. The summed E-state index contributed by atoms with van der Waals surface area (Å²) >= 11 is 3.61. The predicted molar refractivity (Wildman–Crippen MR) is 91.7 cm³/mol. The molecule has 0 amide bonds. The van der Waals surface area contributed by atoms with Crippen molar-refractivity contribution >= 4 is 15.9 Å². The van der Waals surface area contributed by atoms with E-state index >= 15 is 0 Å². The molecule has 1 aromatic carbocycles. The maximum Gasteiger partial charge on any atom is 0.0961 e. The Labute approximate surface area is 137 Å². The largest absolute Gasteiger partial charge is 0.379 e. The van der Waals surface area contributed by atoms with Gasteiger partial charge in [-0.05, 0) is 31.0 Å².